The molecule has 0 radical (unpaired) electrons. The number of nitrogens with zero attached hydrogens (tertiary/aromatic N) is 2. The Kier molecular flexibility index (Phi) is 3.72. The molecule has 1 aliphatic heterocycles. The Morgan fingerprint density at radius 2 is 2.14 bits per heavy atom. The first-order valence-corrected chi connectivity index (χ1v) is 7.20. The Labute approximate surface area is 129 Å². The molecule has 1 aliphatic rings. The fourth-order valence-corrected chi connectivity index (χ4v) is 3.00. The molecule has 0 aromatic heterocycles. The van der Waals surface area contributed by atoms with Gasteiger partial charge >= 0.3 is 0 Å². The molecule has 0 atom stereocenters. The van der Waals surface area contributed by atoms with Crippen molar-refractivity contribution in [3.05, 3.63) is 58.1 Å². The number of benzene rings is 2. The molecule has 0 amide bonds. The van der Waals surface area contributed by atoms with Gasteiger partial charge in [0.1, 0.15) is 11.8 Å². The van der Waals surface area contributed by atoms with E-state index in [0.717, 1.165) is 30.9 Å². The predicted octanol–water partition coefficient (Wildman–Crippen LogP) is 3.78. The summed E-state index contributed by atoms with van der Waals surface area (Å²) < 4.78 is 5.43. The average molecular weight is 299 g/mol. The van der Waals surface area contributed by atoms with Crippen molar-refractivity contribution in [2.75, 3.05) is 18.6 Å². The van der Waals surface area contributed by atoms with Gasteiger partial charge in [-0.1, -0.05) is 23.7 Å². The maximum absolute atomic E-state index is 9.28. The molecule has 0 fully saturated rings. The number of hydrogen-bond acceptors (Lipinski definition) is 3. The largest absolute Gasteiger partial charge is 0.496 e. The Hall–Kier alpha value is -2.18. The lowest BCUT2D eigenvalue weighted by Gasteiger charge is -2.32. The number of halogens is 1. The summed E-state index contributed by atoms with van der Waals surface area (Å²) in [6, 6.07) is 13.7. The lowest BCUT2D eigenvalue weighted by atomic mass is 9.97. The Balaban J connectivity index is 1.97. The predicted molar refractivity (Wildman–Crippen MR) is 83.9 cm³/mol. The summed E-state index contributed by atoms with van der Waals surface area (Å²) in [6.07, 6.45) is 0.900. The second-order valence-corrected chi connectivity index (χ2v) is 5.48. The van der Waals surface area contributed by atoms with E-state index in [1.165, 1.54) is 11.1 Å². The number of rotatable bonds is 2. The number of nitriles is 1. The van der Waals surface area contributed by atoms with Gasteiger partial charge in [-0.3, -0.25) is 0 Å². The van der Waals surface area contributed by atoms with Crippen LogP contribution in [0.3, 0.4) is 0 Å². The van der Waals surface area contributed by atoms with Crippen LogP contribution < -0.4 is 9.64 Å². The molecule has 0 spiro atoms. The van der Waals surface area contributed by atoms with E-state index in [9.17, 15) is 5.26 Å². The van der Waals surface area contributed by atoms with E-state index in [1.54, 1.807) is 19.2 Å². The van der Waals surface area contributed by atoms with Gasteiger partial charge in [-0.05, 0) is 36.2 Å². The van der Waals surface area contributed by atoms with Gasteiger partial charge in [0.15, 0.2) is 0 Å². The molecule has 4 heteroatoms. The highest BCUT2D eigenvalue weighted by molar-refractivity contribution is 6.30. The van der Waals surface area contributed by atoms with E-state index >= 15 is 0 Å². The van der Waals surface area contributed by atoms with Crippen LogP contribution in [-0.2, 0) is 13.0 Å². The number of methoxy groups -OCH3 is 1. The molecular weight excluding hydrogens is 284 g/mol. The van der Waals surface area contributed by atoms with Gasteiger partial charge in [-0.2, -0.15) is 5.26 Å². The molecule has 106 valence electrons. The minimum Gasteiger partial charge on any atom is -0.496 e. The molecule has 2 aromatic rings. The van der Waals surface area contributed by atoms with Gasteiger partial charge in [0, 0.05) is 23.7 Å². The van der Waals surface area contributed by atoms with E-state index in [0.29, 0.717) is 10.6 Å². The zero-order chi connectivity index (χ0) is 14.8. The quantitative estimate of drug-likeness (QED) is 0.846. The van der Waals surface area contributed by atoms with E-state index in [-0.39, 0.29) is 0 Å². The van der Waals surface area contributed by atoms with Crippen molar-refractivity contribution in [1.29, 1.82) is 5.26 Å². The highest BCUT2D eigenvalue weighted by Crippen LogP contribution is 2.32. The summed E-state index contributed by atoms with van der Waals surface area (Å²) in [5.74, 6) is 0.943. The van der Waals surface area contributed by atoms with E-state index in [2.05, 4.69) is 17.0 Å². The lowest BCUT2D eigenvalue weighted by molar-refractivity contribution is 0.407. The summed E-state index contributed by atoms with van der Waals surface area (Å²) in [5, 5.41) is 9.93. The first kappa shape index (κ1) is 13.8. The molecule has 0 bridgehead atoms. The highest BCUT2D eigenvalue weighted by atomic mass is 35.5. The van der Waals surface area contributed by atoms with Crippen LogP contribution in [0.1, 0.15) is 16.7 Å². The van der Waals surface area contributed by atoms with Gasteiger partial charge in [0.25, 0.3) is 0 Å². The molecule has 3 rings (SSSR count). The first-order valence-electron chi connectivity index (χ1n) is 6.82. The van der Waals surface area contributed by atoms with E-state index in [4.69, 9.17) is 16.3 Å². The zero-order valence-electron chi connectivity index (χ0n) is 11.8. The number of hydrogen-bond donors (Lipinski definition) is 0. The molecule has 0 saturated heterocycles. The van der Waals surface area contributed by atoms with Gasteiger partial charge in [0.2, 0.25) is 0 Å². The smallest absolute Gasteiger partial charge is 0.122 e. The first-order chi connectivity index (χ1) is 10.2. The normalized spacial score (nSPS) is 13.5. The molecule has 2 aromatic carbocycles. The van der Waals surface area contributed by atoms with Crippen molar-refractivity contribution in [3.8, 4) is 11.8 Å². The average Bonchev–Trinajstić information content (AvgIpc) is 2.53. The molecule has 0 N–H and O–H groups in total. The van der Waals surface area contributed by atoms with Gasteiger partial charge < -0.3 is 9.64 Å². The van der Waals surface area contributed by atoms with Crippen LogP contribution in [0.15, 0.2) is 36.4 Å². The van der Waals surface area contributed by atoms with E-state index < -0.39 is 0 Å². The van der Waals surface area contributed by atoms with Crippen molar-refractivity contribution in [2.45, 2.75) is 13.0 Å². The monoisotopic (exact) mass is 298 g/mol. The molecule has 1 heterocycles. The maximum Gasteiger partial charge on any atom is 0.122 e. The van der Waals surface area contributed by atoms with Crippen LogP contribution in [-0.4, -0.2) is 13.7 Å². The topological polar surface area (TPSA) is 36.3 Å². The third kappa shape index (κ3) is 2.55. The van der Waals surface area contributed by atoms with Crippen LogP contribution >= 0.6 is 11.6 Å². The van der Waals surface area contributed by atoms with Crippen LogP contribution in [0, 0.1) is 11.3 Å². The van der Waals surface area contributed by atoms with Gasteiger partial charge in [-0.25, -0.2) is 0 Å². The fraction of sp³-hybridized carbons (Fsp3) is 0.235. The summed E-state index contributed by atoms with van der Waals surface area (Å²) in [7, 11) is 1.70. The van der Waals surface area contributed by atoms with Crippen LogP contribution in [0.25, 0.3) is 0 Å². The van der Waals surface area contributed by atoms with Crippen LogP contribution in [0.2, 0.25) is 5.02 Å². The third-order valence-electron chi connectivity index (χ3n) is 3.86. The summed E-state index contributed by atoms with van der Waals surface area (Å²) in [4.78, 5) is 2.20. The van der Waals surface area contributed by atoms with Crippen LogP contribution in [0.5, 0.6) is 5.75 Å². The summed E-state index contributed by atoms with van der Waals surface area (Å²) in [5.41, 5.74) is 4.06. The van der Waals surface area contributed by atoms with Crippen molar-refractivity contribution in [3.63, 3.8) is 0 Å². The standard InChI is InChI=1S/C17H15ClN2O/c1-21-17-4-2-3-13-11-20(8-7-15(13)17)16-9-14(18)6-5-12(16)10-19/h2-6,9H,7-8,11H2,1H3. The third-order valence-corrected chi connectivity index (χ3v) is 4.10. The summed E-state index contributed by atoms with van der Waals surface area (Å²) in [6.45, 7) is 1.62. The maximum atomic E-state index is 9.28. The SMILES string of the molecule is COc1cccc2c1CCN(c1cc(Cl)ccc1C#N)C2. The fourth-order valence-electron chi connectivity index (χ4n) is 2.83. The molecule has 0 saturated carbocycles. The zero-order valence-corrected chi connectivity index (χ0v) is 12.5. The molecule has 0 aliphatic carbocycles. The Morgan fingerprint density at radius 1 is 1.29 bits per heavy atom. The molecular formula is C17H15ClN2O. The second-order valence-electron chi connectivity index (χ2n) is 5.04. The van der Waals surface area contributed by atoms with E-state index in [1.807, 2.05) is 18.2 Å². The Bertz CT molecular complexity index is 721. The minimum absolute atomic E-state index is 0.653. The van der Waals surface area contributed by atoms with Crippen molar-refractivity contribution in [1.82, 2.24) is 0 Å². The minimum atomic E-state index is 0.653. The summed E-state index contributed by atoms with van der Waals surface area (Å²) >= 11 is 6.08. The van der Waals surface area contributed by atoms with Crippen molar-refractivity contribution >= 4 is 17.3 Å². The van der Waals surface area contributed by atoms with Gasteiger partial charge in [-0.15, -0.1) is 0 Å². The molecule has 3 nitrogen and oxygen atoms in total. The Morgan fingerprint density at radius 3 is 2.90 bits per heavy atom. The number of anilines is 1. The van der Waals surface area contributed by atoms with Crippen LogP contribution in [0.4, 0.5) is 5.69 Å². The van der Waals surface area contributed by atoms with Crippen molar-refractivity contribution < 1.29 is 4.74 Å². The molecule has 21 heavy (non-hydrogen) atoms. The second kappa shape index (κ2) is 5.67. The number of fused-ring (bicyclic) bond motifs is 1. The lowest BCUT2D eigenvalue weighted by Crippen LogP contribution is -2.31. The van der Waals surface area contributed by atoms with Crippen molar-refractivity contribution in [2.24, 2.45) is 0 Å². The molecule has 0 unspecified atom stereocenters. The highest BCUT2D eigenvalue weighted by Gasteiger charge is 2.21. The number of ether oxygens (including phenoxy) is 1. The van der Waals surface area contributed by atoms with Gasteiger partial charge in [0.05, 0.1) is 18.4 Å².